The Hall–Kier alpha value is -3.69. The molecule has 0 heterocycles. The molecule has 0 radical (unpaired) electrons. The molecule has 1 unspecified atom stereocenters. The molecule has 0 aromatic heterocycles. The topological polar surface area (TPSA) is 113 Å². The van der Waals surface area contributed by atoms with E-state index in [0.717, 1.165) is 22.8 Å². The largest absolute Gasteiger partial charge is 0.507 e. The molecule has 0 aliphatic rings. The van der Waals surface area contributed by atoms with Gasteiger partial charge in [0.15, 0.2) is 0 Å². The molecule has 7 nitrogen and oxygen atoms in total. The van der Waals surface area contributed by atoms with Gasteiger partial charge in [0.1, 0.15) is 11.3 Å². The molecule has 0 aliphatic carbocycles. The highest BCUT2D eigenvalue weighted by Gasteiger charge is 2.23. The SMILES string of the molecule is CCOC(=O)c1cc(S(=O)(=O)c2ccc(CCNC(Cc3ccccc3)[C@H](O)c3cccc(Cl)c3)cc2)ccc1O. The summed E-state index contributed by atoms with van der Waals surface area (Å²) in [4.78, 5) is 12.1. The summed E-state index contributed by atoms with van der Waals surface area (Å²) in [6.07, 6.45) is 0.415. The Bertz CT molecular complexity index is 1580. The second-order valence-corrected chi connectivity index (χ2v) is 11.9. The van der Waals surface area contributed by atoms with Crippen molar-refractivity contribution in [2.75, 3.05) is 13.2 Å². The van der Waals surface area contributed by atoms with Crippen LogP contribution in [0.3, 0.4) is 0 Å². The maximum Gasteiger partial charge on any atom is 0.341 e. The average Bonchev–Trinajstić information content (AvgIpc) is 2.97. The van der Waals surface area contributed by atoms with Gasteiger partial charge in [0, 0.05) is 11.1 Å². The van der Waals surface area contributed by atoms with Crippen LogP contribution in [0.2, 0.25) is 5.02 Å². The van der Waals surface area contributed by atoms with Crippen molar-refractivity contribution < 1.29 is 28.2 Å². The van der Waals surface area contributed by atoms with Crippen LogP contribution in [0.5, 0.6) is 5.75 Å². The minimum absolute atomic E-state index is 0.0630. The molecule has 41 heavy (non-hydrogen) atoms. The summed E-state index contributed by atoms with van der Waals surface area (Å²) >= 11 is 6.16. The standard InChI is InChI=1S/C32H32ClNO6S/c1-2-40-32(37)28-21-27(15-16-30(28)35)41(38,39)26-13-11-22(12-14-26)17-18-34-29(19-23-7-4-3-5-8-23)31(36)24-9-6-10-25(33)20-24/h3-16,20-21,29,31,34-36H,2,17-19H2,1H3/t29?,31-/m1/s1. The lowest BCUT2D eigenvalue weighted by molar-refractivity contribution is 0.0522. The van der Waals surface area contributed by atoms with E-state index in [4.69, 9.17) is 16.3 Å². The summed E-state index contributed by atoms with van der Waals surface area (Å²) in [5.41, 5.74) is 2.51. The van der Waals surface area contributed by atoms with Crippen LogP contribution in [0.1, 0.15) is 40.1 Å². The summed E-state index contributed by atoms with van der Waals surface area (Å²) in [6, 6.07) is 26.9. The first-order valence-corrected chi connectivity index (χ1v) is 15.1. The molecule has 214 valence electrons. The van der Waals surface area contributed by atoms with Crippen molar-refractivity contribution in [1.82, 2.24) is 5.32 Å². The highest BCUT2D eigenvalue weighted by atomic mass is 35.5. The van der Waals surface area contributed by atoms with Gasteiger partial charge < -0.3 is 20.3 Å². The van der Waals surface area contributed by atoms with Crippen molar-refractivity contribution in [3.05, 3.63) is 124 Å². The smallest absolute Gasteiger partial charge is 0.341 e. The fourth-order valence-electron chi connectivity index (χ4n) is 4.51. The van der Waals surface area contributed by atoms with Gasteiger partial charge in [-0.3, -0.25) is 0 Å². The number of ether oxygens (including phenoxy) is 1. The lowest BCUT2D eigenvalue weighted by atomic mass is 9.96. The van der Waals surface area contributed by atoms with Gasteiger partial charge in [-0.05, 0) is 85.5 Å². The van der Waals surface area contributed by atoms with Crippen molar-refractivity contribution in [3.63, 3.8) is 0 Å². The van der Waals surface area contributed by atoms with Gasteiger partial charge in [0.2, 0.25) is 9.84 Å². The quantitative estimate of drug-likeness (QED) is 0.185. The number of carbonyl (C=O) groups excluding carboxylic acids is 1. The number of aromatic hydroxyl groups is 1. The van der Waals surface area contributed by atoms with E-state index < -0.39 is 21.9 Å². The van der Waals surface area contributed by atoms with E-state index in [1.807, 2.05) is 42.5 Å². The average molecular weight is 594 g/mol. The normalized spacial score (nSPS) is 13.0. The number of hydrogen-bond acceptors (Lipinski definition) is 7. The molecule has 2 atom stereocenters. The van der Waals surface area contributed by atoms with Crippen molar-refractivity contribution in [3.8, 4) is 5.75 Å². The van der Waals surface area contributed by atoms with Gasteiger partial charge >= 0.3 is 5.97 Å². The molecular formula is C32H32ClNO6S. The molecular weight excluding hydrogens is 562 g/mol. The van der Waals surface area contributed by atoms with Gasteiger partial charge in [-0.25, -0.2) is 13.2 Å². The van der Waals surface area contributed by atoms with E-state index in [-0.39, 0.29) is 33.8 Å². The number of phenols is 1. The van der Waals surface area contributed by atoms with Crippen LogP contribution < -0.4 is 5.32 Å². The molecule has 0 saturated carbocycles. The molecule has 4 rings (SSSR count). The van der Waals surface area contributed by atoms with Crippen molar-refractivity contribution >= 4 is 27.4 Å². The van der Waals surface area contributed by atoms with Crippen LogP contribution >= 0.6 is 11.6 Å². The fraction of sp³-hybridized carbons (Fsp3) is 0.219. The zero-order chi connectivity index (χ0) is 29.4. The highest BCUT2D eigenvalue weighted by Crippen LogP contribution is 2.27. The molecule has 9 heteroatoms. The van der Waals surface area contributed by atoms with Gasteiger partial charge in [-0.2, -0.15) is 0 Å². The van der Waals surface area contributed by atoms with Crippen LogP contribution in [-0.4, -0.2) is 43.8 Å². The fourth-order valence-corrected chi connectivity index (χ4v) is 6.00. The van der Waals surface area contributed by atoms with Crippen LogP contribution in [0, 0.1) is 0 Å². The van der Waals surface area contributed by atoms with Crippen molar-refractivity contribution in [1.29, 1.82) is 0 Å². The minimum Gasteiger partial charge on any atom is -0.507 e. The first kappa shape index (κ1) is 30.3. The Morgan fingerprint density at radius 3 is 2.29 bits per heavy atom. The maximum absolute atomic E-state index is 13.2. The summed E-state index contributed by atoms with van der Waals surface area (Å²) in [6.45, 7) is 2.26. The molecule has 0 fully saturated rings. The molecule has 4 aromatic rings. The van der Waals surface area contributed by atoms with E-state index in [9.17, 15) is 23.4 Å². The summed E-state index contributed by atoms with van der Waals surface area (Å²) in [7, 11) is -3.94. The molecule has 0 aliphatic heterocycles. The summed E-state index contributed by atoms with van der Waals surface area (Å²) in [5.74, 6) is -1.15. The Morgan fingerprint density at radius 1 is 0.902 bits per heavy atom. The van der Waals surface area contributed by atoms with Crippen molar-refractivity contribution in [2.24, 2.45) is 0 Å². The highest BCUT2D eigenvalue weighted by molar-refractivity contribution is 7.91. The Morgan fingerprint density at radius 2 is 1.61 bits per heavy atom. The lowest BCUT2D eigenvalue weighted by Crippen LogP contribution is -2.38. The van der Waals surface area contributed by atoms with E-state index in [2.05, 4.69) is 5.32 Å². The number of esters is 1. The van der Waals surface area contributed by atoms with Crippen molar-refractivity contribution in [2.45, 2.75) is 41.7 Å². The molecule has 0 amide bonds. The Kier molecular flexibility index (Phi) is 10.2. The van der Waals surface area contributed by atoms with E-state index in [0.29, 0.717) is 24.4 Å². The number of phenolic OH excluding ortho intramolecular Hbond substituents is 1. The number of halogens is 1. The van der Waals surface area contributed by atoms with Crippen LogP contribution in [0.15, 0.2) is 107 Å². The maximum atomic E-state index is 13.2. The predicted molar refractivity (Wildman–Crippen MR) is 158 cm³/mol. The van der Waals surface area contributed by atoms with E-state index >= 15 is 0 Å². The zero-order valence-electron chi connectivity index (χ0n) is 22.5. The molecule has 4 aromatic carbocycles. The second kappa shape index (κ2) is 13.8. The summed E-state index contributed by atoms with van der Waals surface area (Å²) < 4.78 is 31.3. The van der Waals surface area contributed by atoms with Crippen LogP contribution in [-0.2, 0) is 27.4 Å². The third kappa shape index (κ3) is 7.74. The van der Waals surface area contributed by atoms with Gasteiger partial charge in [-0.15, -0.1) is 0 Å². The van der Waals surface area contributed by atoms with Gasteiger partial charge in [0.25, 0.3) is 0 Å². The summed E-state index contributed by atoms with van der Waals surface area (Å²) in [5, 5.41) is 25.2. The third-order valence-corrected chi connectivity index (χ3v) is 8.70. The first-order chi connectivity index (χ1) is 19.7. The number of aliphatic hydroxyl groups is 1. The monoisotopic (exact) mass is 593 g/mol. The number of rotatable bonds is 12. The van der Waals surface area contributed by atoms with Gasteiger partial charge in [-0.1, -0.05) is 66.2 Å². The molecule has 3 N–H and O–H groups in total. The number of nitrogens with one attached hydrogen (secondary N) is 1. The molecule has 0 bridgehead atoms. The second-order valence-electron chi connectivity index (χ2n) is 9.55. The van der Waals surface area contributed by atoms with Gasteiger partial charge in [0.05, 0.1) is 22.5 Å². The number of hydrogen-bond donors (Lipinski definition) is 3. The number of aliphatic hydroxyl groups excluding tert-OH is 1. The predicted octanol–water partition coefficient (Wildman–Crippen LogP) is 5.53. The molecule has 0 saturated heterocycles. The lowest BCUT2D eigenvalue weighted by Gasteiger charge is -2.25. The van der Waals surface area contributed by atoms with E-state index in [1.165, 1.54) is 24.3 Å². The Balaban J connectivity index is 1.45. The molecule has 0 spiro atoms. The number of sulfone groups is 1. The van der Waals surface area contributed by atoms with Crippen LogP contribution in [0.4, 0.5) is 0 Å². The zero-order valence-corrected chi connectivity index (χ0v) is 24.1. The van der Waals surface area contributed by atoms with E-state index in [1.54, 1.807) is 31.2 Å². The third-order valence-electron chi connectivity index (χ3n) is 6.70. The number of carbonyl (C=O) groups is 1. The minimum atomic E-state index is -3.94. The first-order valence-electron chi connectivity index (χ1n) is 13.2. The van der Waals surface area contributed by atoms with Crippen LogP contribution in [0.25, 0.3) is 0 Å². The Labute approximate surface area is 245 Å². The number of benzene rings is 4.